The van der Waals surface area contributed by atoms with Gasteiger partial charge in [-0.25, -0.2) is 0 Å². The summed E-state index contributed by atoms with van der Waals surface area (Å²) in [6.45, 7) is 9.76. The Morgan fingerprint density at radius 1 is 1.42 bits per heavy atom. The molecule has 1 rings (SSSR count). The van der Waals surface area contributed by atoms with Crippen molar-refractivity contribution in [2.24, 2.45) is 11.7 Å². The van der Waals surface area contributed by atoms with Gasteiger partial charge in [0.05, 0.1) is 5.92 Å². The van der Waals surface area contributed by atoms with Gasteiger partial charge in [0.1, 0.15) is 0 Å². The van der Waals surface area contributed by atoms with E-state index in [9.17, 15) is 4.79 Å². The van der Waals surface area contributed by atoms with Crippen LogP contribution in [-0.4, -0.2) is 42.5 Å². The Labute approximate surface area is 117 Å². The molecule has 1 aliphatic rings. The molecule has 0 saturated heterocycles. The molecule has 1 amide bonds. The third-order valence-corrected chi connectivity index (χ3v) is 3.85. The van der Waals surface area contributed by atoms with Gasteiger partial charge in [0, 0.05) is 12.1 Å². The van der Waals surface area contributed by atoms with Gasteiger partial charge < -0.3 is 16.0 Å². The molecule has 4 nitrogen and oxygen atoms in total. The topological polar surface area (TPSA) is 58.4 Å². The zero-order chi connectivity index (χ0) is 14.3. The van der Waals surface area contributed by atoms with Crippen LogP contribution in [-0.2, 0) is 4.79 Å². The van der Waals surface area contributed by atoms with Crippen LogP contribution in [0.25, 0.3) is 0 Å². The number of nitrogens with zero attached hydrogens (tertiary/aromatic N) is 1. The van der Waals surface area contributed by atoms with Gasteiger partial charge in [-0.05, 0) is 45.8 Å². The lowest BCUT2D eigenvalue weighted by molar-refractivity contribution is -0.124. The Morgan fingerprint density at radius 2 is 2.11 bits per heavy atom. The first-order valence-corrected chi connectivity index (χ1v) is 7.53. The van der Waals surface area contributed by atoms with E-state index in [4.69, 9.17) is 5.73 Å². The van der Waals surface area contributed by atoms with Crippen molar-refractivity contribution in [2.45, 2.75) is 52.1 Å². The van der Waals surface area contributed by atoms with Crippen molar-refractivity contribution >= 4 is 5.91 Å². The smallest absolute Gasteiger partial charge is 0.227 e. The standard InChI is InChI=1S/C15H29N3O/c1-4-18(5-2)10-6-7-12(3)17-15(19)13-8-9-14(16)11-13/h8-9,12-14H,4-7,10-11,16H2,1-3H3,(H,17,19). The SMILES string of the molecule is CCN(CC)CCCC(C)NC(=O)C1C=CC(N)C1. The molecule has 0 aromatic heterocycles. The van der Waals surface area contributed by atoms with E-state index in [0.717, 1.165) is 38.9 Å². The number of rotatable bonds is 8. The lowest BCUT2D eigenvalue weighted by Crippen LogP contribution is -2.37. The van der Waals surface area contributed by atoms with Crippen molar-refractivity contribution in [1.82, 2.24) is 10.2 Å². The molecule has 0 aromatic rings. The summed E-state index contributed by atoms with van der Waals surface area (Å²) >= 11 is 0. The minimum Gasteiger partial charge on any atom is -0.353 e. The van der Waals surface area contributed by atoms with Gasteiger partial charge in [-0.2, -0.15) is 0 Å². The quantitative estimate of drug-likeness (QED) is 0.656. The van der Waals surface area contributed by atoms with Gasteiger partial charge in [0.2, 0.25) is 5.91 Å². The molecule has 3 unspecified atom stereocenters. The molecule has 0 radical (unpaired) electrons. The Bertz CT molecular complexity index is 300. The van der Waals surface area contributed by atoms with Crippen molar-refractivity contribution in [3.8, 4) is 0 Å². The van der Waals surface area contributed by atoms with Crippen molar-refractivity contribution in [2.75, 3.05) is 19.6 Å². The lowest BCUT2D eigenvalue weighted by atomic mass is 10.1. The van der Waals surface area contributed by atoms with E-state index in [0.29, 0.717) is 0 Å². The molecule has 0 fully saturated rings. The molecule has 0 heterocycles. The van der Waals surface area contributed by atoms with Crippen LogP contribution in [0, 0.1) is 5.92 Å². The van der Waals surface area contributed by atoms with Crippen LogP contribution in [0.3, 0.4) is 0 Å². The maximum atomic E-state index is 12.0. The second-order valence-electron chi connectivity index (χ2n) is 5.47. The van der Waals surface area contributed by atoms with Crippen molar-refractivity contribution in [3.63, 3.8) is 0 Å². The van der Waals surface area contributed by atoms with Crippen LogP contribution in [0.1, 0.15) is 40.0 Å². The number of nitrogens with two attached hydrogens (primary N) is 1. The Hall–Kier alpha value is -0.870. The molecule has 0 aromatic carbocycles. The summed E-state index contributed by atoms with van der Waals surface area (Å²) in [4.78, 5) is 14.4. The monoisotopic (exact) mass is 267 g/mol. The van der Waals surface area contributed by atoms with Crippen LogP contribution < -0.4 is 11.1 Å². The molecule has 0 bridgehead atoms. The summed E-state index contributed by atoms with van der Waals surface area (Å²) in [7, 11) is 0. The summed E-state index contributed by atoms with van der Waals surface area (Å²) in [5, 5.41) is 3.09. The van der Waals surface area contributed by atoms with Gasteiger partial charge in [0.25, 0.3) is 0 Å². The number of hydrogen-bond acceptors (Lipinski definition) is 3. The van der Waals surface area contributed by atoms with Crippen molar-refractivity contribution in [3.05, 3.63) is 12.2 Å². The first-order chi connectivity index (χ1) is 9.06. The summed E-state index contributed by atoms with van der Waals surface area (Å²) in [5.41, 5.74) is 5.77. The third-order valence-electron chi connectivity index (χ3n) is 3.85. The summed E-state index contributed by atoms with van der Waals surface area (Å²) in [5.74, 6) is 0.0970. The molecule has 1 aliphatic carbocycles. The molecule has 19 heavy (non-hydrogen) atoms. The Morgan fingerprint density at radius 3 is 2.63 bits per heavy atom. The van der Waals surface area contributed by atoms with Crippen molar-refractivity contribution < 1.29 is 4.79 Å². The molecule has 0 spiro atoms. The van der Waals surface area contributed by atoms with Gasteiger partial charge >= 0.3 is 0 Å². The Kier molecular flexibility index (Phi) is 7.10. The van der Waals surface area contributed by atoms with Gasteiger partial charge in [0.15, 0.2) is 0 Å². The predicted octanol–water partition coefficient (Wildman–Crippen LogP) is 1.52. The van der Waals surface area contributed by atoms with E-state index < -0.39 is 0 Å². The van der Waals surface area contributed by atoms with Gasteiger partial charge in [-0.3, -0.25) is 4.79 Å². The average Bonchev–Trinajstić information content (AvgIpc) is 2.81. The fraction of sp³-hybridized carbons (Fsp3) is 0.800. The highest BCUT2D eigenvalue weighted by Gasteiger charge is 2.23. The van der Waals surface area contributed by atoms with E-state index in [2.05, 4.69) is 31.0 Å². The molecule has 3 N–H and O–H groups in total. The third kappa shape index (κ3) is 5.74. The normalized spacial score (nSPS) is 23.8. The number of hydrogen-bond donors (Lipinski definition) is 2. The zero-order valence-electron chi connectivity index (χ0n) is 12.6. The molecule has 0 aliphatic heterocycles. The minimum absolute atomic E-state index is 0.0276. The van der Waals surface area contributed by atoms with E-state index in [1.54, 1.807) is 0 Å². The molecule has 0 saturated carbocycles. The highest BCUT2D eigenvalue weighted by molar-refractivity contribution is 5.81. The van der Waals surface area contributed by atoms with Crippen LogP contribution >= 0.6 is 0 Å². The molecular weight excluding hydrogens is 238 g/mol. The number of amides is 1. The highest BCUT2D eigenvalue weighted by Crippen LogP contribution is 2.16. The van der Waals surface area contributed by atoms with Crippen LogP contribution in [0.15, 0.2) is 12.2 Å². The molecular formula is C15H29N3O. The van der Waals surface area contributed by atoms with Gasteiger partial charge in [-0.1, -0.05) is 26.0 Å². The second-order valence-corrected chi connectivity index (χ2v) is 5.47. The summed E-state index contributed by atoms with van der Waals surface area (Å²) in [6, 6.07) is 0.294. The first-order valence-electron chi connectivity index (χ1n) is 7.53. The maximum absolute atomic E-state index is 12.0. The highest BCUT2D eigenvalue weighted by atomic mass is 16.1. The largest absolute Gasteiger partial charge is 0.353 e. The summed E-state index contributed by atoms with van der Waals surface area (Å²) in [6.07, 6.45) is 6.77. The lowest BCUT2D eigenvalue weighted by Gasteiger charge is -2.20. The molecule has 3 atom stereocenters. The van der Waals surface area contributed by atoms with E-state index in [-0.39, 0.29) is 23.9 Å². The minimum atomic E-state index is -0.0276. The zero-order valence-corrected chi connectivity index (χ0v) is 12.6. The van der Waals surface area contributed by atoms with Crippen LogP contribution in [0.4, 0.5) is 0 Å². The maximum Gasteiger partial charge on any atom is 0.227 e. The van der Waals surface area contributed by atoms with E-state index in [1.165, 1.54) is 0 Å². The van der Waals surface area contributed by atoms with E-state index in [1.807, 2.05) is 12.2 Å². The summed E-state index contributed by atoms with van der Waals surface area (Å²) < 4.78 is 0. The van der Waals surface area contributed by atoms with E-state index >= 15 is 0 Å². The number of carbonyl (C=O) groups excluding carboxylic acids is 1. The van der Waals surface area contributed by atoms with Crippen LogP contribution in [0.2, 0.25) is 0 Å². The van der Waals surface area contributed by atoms with Crippen LogP contribution in [0.5, 0.6) is 0 Å². The van der Waals surface area contributed by atoms with Crippen molar-refractivity contribution in [1.29, 1.82) is 0 Å². The fourth-order valence-corrected chi connectivity index (χ4v) is 2.50. The molecule has 110 valence electrons. The fourth-order valence-electron chi connectivity index (χ4n) is 2.50. The number of carbonyl (C=O) groups is 1. The Balaban J connectivity index is 2.18. The predicted molar refractivity (Wildman–Crippen MR) is 79.8 cm³/mol. The molecule has 4 heteroatoms. The number of nitrogens with one attached hydrogen (secondary N) is 1. The first kappa shape index (κ1) is 16.2. The van der Waals surface area contributed by atoms with Gasteiger partial charge in [-0.15, -0.1) is 0 Å². The average molecular weight is 267 g/mol. The second kappa shape index (κ2) is 8.33.